The normalized spacial score (nSPS) is 10.5. The molecule has 0 unspecified atom stereocenters. The van der Waals surface area contributed by atoms with Crippen molar-refractivity contribution in [2.75, 3.05) is 5.32 Å². The first-order valence-corrected chi connectivity index (χ1v) is 8.00. The van der Waals surface area contributed by atoms with Crippen molar-refractivity contribution in [1.82, 2.24) is 10.3 Å². The summed E-state index contributed by atoms with van der Waals surface area (Å²) in [6.07, 6.45) is 1.45. The summed E-state index contributed by atoms with van der Waals surface area (Å²) in [5.74, 6) is -0.596. The van der Waals surface area contributed by atoms with Gasteiger partial charge in [0.15, 0.2) is 0 Å². The summed E-state index contributed by atoms with van der Waals surface area (Å²) >= 11 is 3.41. The Bertz CT molecular complexity index is 744. The van der Waals surface area contributed by atoms with Gasteiger partial charge in [0.05, 0.1) is 5.69 Å². The molecule has 2 amide bonds. The number of rotatable bonds is 4. The fourth-order valence-corrected chi connectivity index (χ4v) is 2.54. The van der Waals surface area contributed by atoms with Crippen LogP contribution in [0.2, 0.25) is 0 Å². The molecule has 0 saturated carbocycles. The average molecular weight is 376 g/mol. The van der Waals surface area contributed by atoms with Crippen LogP contribution in [0.4, 0.5) is 5.69 Å². The zero-order chi connectivity index (χ0) is 17.0. The highest BCUT2D eigenvalue weighted by Gasteiger charge is 2.13. The van der Waals surface area contributed by atoms with E-state index in [1.54, 1.807) is 6.07 Å². The summed E-state index contributed by atoms with van der Waals surface area (Å²) in [5, 5.41) is 5.56. The molecule has 0 radical (unpaired) electrons. The number of amides is 2. The Morgan fingerprint density at radius 2 is 1.87 bits per heavy atom. The van der Waals surface area contributed by atoms with Gasteiger partial charge in [-0.2, -0.15) is 0 Å². The SMILES string of the molecule is Cc1ccc(NC(=O)c2cc(C(=O)NC(C)C)ccn2)c(Br)c1. The molecule has 1 aromatic heterocycles. The topological polar surface area (TPSA) is 71.1 Å². The van der Waals surface area contributed by atoms with Crippen molar-refractivity contribution < 1.29 is 9.59 Å². The second kappa shape index (κ2) is 7.37. The van der Waals surface area contributed by atoms with E-state index in [4.69, 9.17) is 0 Å². The van der Waals surface area contributed by atoms with Crippen LogP contribution in [0.15, 0.2) is 41.0 Å². The molecule has 0 aliphatic rings. The molecule has 0 spiro atoms. The number of pyridine rings is 1. The minimum atomic E-state index is -0.367. The summed E-state index contributed by atoms with van der Waals surface area (Å²) in [6, 6.07) is 8.71. The van der Waals surface area contributed by atoms with Crippen LogP contribution >= 0.6 is 15.9 Å². The Labute approximate surface area is 143 Å². The van der Waals surface area contributed by atoms with Crippen LogP contribution in [0.25, 0.3) is 0 Å². The Balaban J connectivity index is 2.18. The van der Waals surface area contributed by atoms with Gasteiger partial charge in [0.2, 0.25) is 0 Å². The third kappa shape index (κ3) is 4.63. The fourth-order valence-electron chi connectivity index (χ4n) is 1.95. The van der Waals surface area contributed by atoms with Crippen molar-refractivity contribution in [3.8, 4) is 0 Å². The van der Waals surface area contributed by atoms with Crippen molar-refractivity contribution in [3.63, 3.8) is 0 Å². The quantitative estimate of drug-likeness (QED) is 0.858. The molecular formula is C17H18BrN3O2. The second-order valence-electron chi connectivity index (χ2n) is 5.50. The van der Waals surface area contributed by atoms with E-state index < -0.39 is 0 Å². The van der Waals surface area contributed by atoms with Crippen molar-refractivity contribution in [3.05, 3.63) is 57.8 Å². The van der Waals surface area contributed by atoms with Gasteiger partial charge in [-0.15, -0.1) is 0 Å². The molecule has 0 saturated heterocycles. The smallest absolute Gasteiger partial charge is 0.274 e. The number of hydrogen-bond donors (Lipinski definition) is 2. The van der Waals surface area contributed by atoms with Crippen molar-refractivity contribution in [1.29, 1.82) is 0 Å². The highest BCUT2D eigenvalue weighted by Crippen LogP contribution is 2.23. The predicted molar refractivity (Wildman–Crippen MR) is 93.7 cm³/mol. The standard InChI is InChI=1S/C17H18BrN3O2/c1-10(2)20-16(22)12-6-7-19-15(9-12)17(23)21-14-5-4-11(3)8-13(14)18/h4-10H,1-3H3,(H,20,22)(H,21,23). The van der Waals surface area contributed by atoms with Crippen LogP contribution in [0.3, 0.4) is 0 Å². The van der Waals surface area contributed by atoms with E-state index in [2.05, 4.69) is 31.5 Å². The lowest BCUT2D eigenvalue weighted by atomic mass is 10.2. The molecule has 23 heavy (non-hydrogen) atoms. The van der Waals surface area contributed by atoms with Gasteiger partial charge in [-0.3, -0.25) is 14.6 Å². The number of nitrogens with one attached hydrogen (secondary N) is 2. The number of anilines is 1. The number of benzene rings is 1. The lowest BCUT2D eigenvalue weighted by molar-refractivity contribution is 0.0943. The molecule has 120 valence electrons. The lowest BCUT2D eigenvalue weighted by Gasteiger charge is -2.10. The number of halogens is 1. The molecule has 6 heteroatoms. The van der Waals surface area contributed by atoms with E-state index in [1.165, 1.54) is 12.3 Å². The number of aryl methyl sites for hydroxylation is 1. The lowest BCUT2D eigenvalue weighted by Crippen LogP contribution is -2.30. The minimum absolute atomic E-state index is 0.0245. The fraction of sp³-hybridized carbons (Fsp3) is 0.235. The van der Waals surface area contributed by atoms with Crippen LogP contribution in [0.1, 0.15) is 40.3 Å². The minimum Gasteiger partial charge on any atom is -0.350 e. The third-order valence-electron chi connectivity index (χ3n) is 3.05. The van der Waals surface area contributed by atoms with E-state index >= 15 is 0 Å². The number of aromatic nitrogens is 1. The number of carbonyl (C=O) groups excluding carboxylic acids is 2. The molecule has 1 heterocycles. The average Bonchev–Trinajstić information content (AvgIpc) is 2.49. The highest BCUT2D eigenvalue weighted by atomic mass is 79.9. The first-order chi connectivity index (χ1) is 10.9. The zero-order valence-corrected chi connectivity index (χ0v) is 14.8. The molecule has 1 aromatic carbocycles. The van der Waals surface area contributed by atoms with Gasteiger partial charge in [0.1, 0.15) is 5.69 Å². The second-order valence-corrected chi connectivity index (χ2v) is 6.35. The summed E-state index contributed by atoms with van der Waals surface area (Å²) in [5.41, 5.74) is 2.33. The number of hydrogen-bond acceptors (Lipinski definition) is 3. The van der Waals surface area contributed by atoms with Gasteiger partial charge in [-0.25, -0.2) is 0 Å². The van der Waals surface area contributed by atoms with Gasteiger partial charge in [-0.1, -0.05) is 6.07 Å². The van der Waals surface area contributed by atoms with Gasteiger partial charge in [0, 0.05) is 22.3 Å². The summed E-state index contributed by atoms with van der Waals surface area (Å²) in [7, 11) is 0. The molecule has 0 fully saturated rings. The van der Waals surface area contributed by atoms with Crippen LogP contribution in [0.5, 0.6) is 0 Å². The molecule has 0 bridgehead atoms. The Morgan fingerprint density at radius 3 is 2.52 bits per heavy atom. The number of carbonyl (C=O) groups is 2. The Kier molecular flexibility index (Phi) is 5.50. The first kappa shape index (κ1) is 17.1. The van der Waals surface area contributed by atoms with Crippen molar-refractivity contribution >= 4 is 33.4 Å². The molecule has 2 aromatic rings. The Morgan fingerprint density at radius 1 is 1.13 bits per heavy atom. The maximum absolute atomic E-state index is 12.3. The monoisotopic (exact) mass is 375 g/mol. The van der Waals surface area contributed by atoms with Crippen molar-refractivity contribution in [2.24, 2.45) is 0 Å². The largest absolute Gasteiger partial charge is 0.350 e. The van der Waals surface area contributed by atoms with E-state index in [1.807, 2.05) is 39.0 Å². The molecule has 2 rings (SSSR count). The maximum Gasteiger partial charge on any atom is 0.274 e. The van der Waals surface area contributed by atoms with E-state index in [-0.39, 0.29) is 23.6 Å². The summed E-state index contributed by atoms with van der Waals surface area (Å²) < 4.78 is 0.791. The van der Waals surface area contributed by atoms with E-state index in [9.17, 15) is 9.59 Å². The van der Waals surface area contributed by atoms with Crippen LogP contribution < -0.4 is 10.6 Å². The summed E-state index contributed by atoms with van der Waals surface area (Å²) in [6.45, 7) is 5.72. The summed E-state index contributed by atoms with van der Waals surface area (Å²) in [4.78, 5) is 28.4. The van der Waals surface area contributed by atoms with E-state index in [0.717, 1.165) is 10.0 Å². The van der Waals surface area contributed by atoms with Gasteiger partial charge in [-0.05, 0) is 66.5 Å². The molecule has 0 aliphatic heterocycles. The van der Waals surface area contributed by atoms with Gasteiger partial charge >= 0.3 is 0 Å². The molecule has 2 N–H and O–H groups in total. The number of nitrogens with zero attached hydrogens (tertiary/aromatic N) is 1. The Hall–Kier alpha value is -2.21. The third-order valence-corrected chi connectivity index (χ3v) is 3.70. The maximum atomic E-state index is 12.3. The predicted octanol–water partition coefficient (Wildman–Crippen LogP) is 3.54. The molecule has 0 atom stereocenters. The van der Waals surface area contributed by atoms with Gasteiger partial charge < -0.3 is 10.6 Å². The van der Waals surface area contributed by atoms with E-state index in [0.29, 0.717) is 11.3 Å². The van der Waals surface area contributed by atoms with Crippen LogP contribution in [-0.2, 0) is 0 Å². The molecule has 5 nitrogen and oxygen atoms in total. The zero-order valence-electron chi connectivity index (χ0n) is 13.2. The molecule has 0 aliphatic carbocycles. The van der Waals surface area contributed by atoms with Crippen molar-refractivity contribution in [2.45, 2.75) is 26.8 Å². The molecular weight excluding hydrogens is 358 g/mol. The van der Waals surface area contributed by atoms with Crippen LogP contribution in [-0.4, -0.2) is 22.8 Å². The van der Waals surface area contributed by atoms with Crippen LogP contribution in [0, 0.1) is 6.92 Å². The first-order valence-electron chi connectivity index (χ1n) is 7.21. The highest BCUT2D eigenvalue weighted by molar-refractivity contribution is 9.10. The van der Waals surface area contributed by atoms with Gasteiger partial charge in [0.25, 0.3) is 11.8 Å².